The van der Waals surface area contributed by atoms with Crippen LogP contribution in [0.5, 0.6) is 0 Å². The van der Waals surface area contributed by atoms with Crippen LogP contribution in [0.4, 0.5) is 5.82 Å². The second kappa shape index (κ2) is 11.8. The molecule has 0 spiro atoms. The minimum Gasteiger partial charge on any atom is -0.378 e. The van der Waals surface area contributed by atoms with Crippen molar-refractivity contribution in [1.29, 1.82) is 0 Å². The molecule has 1 N–H and O–H groups in total. The topological polar surface area (TPSA) is 108 Å². The Kier molecular flexibility index (Phi) is 7.85. The number of nitrogens with one attached hydrogen (secondary N) is 1. The Labute approximate surface area is 236 Å². The highest BCUT2D eigenvalue weighted by Crippen LogP contribution is 2.36. The number of carbonyl (C=O) groups is 2. The van der Waals surface area contributed by atoms with Crippen LogP contribution in [-0.2, 0) is 20.9 Å². The predicted octanol–water partition coefficient (Wildman–Crippen LogP) is 3.64. The Morgan fingerprint density at radius 2 is 1.90 bits per heavy atom. The van der Waals surface area contributed by atoms with Crippen molar-refractivity contribution in [3.05, 3.63) is 47.5 Å². The van der Waals surface area contributed by atoms with Gasteiger partial charge in [-0.1, -0.05) is 18.2 Å². The number of nitrogens with zero attached hydrogens (tertiary/aromatic N) is 6. The van der Waals surface area contributed by atoms with Gasteiger partial charge in [0.05, 0.1) is 35.1 Å². The summed E-state index contributed by atoms with van der Waals surface area (Å²) in [6.07, 6.45) is 5.63. The summed E-state index contributed by atoms with van der Waals surface area (Å²) in [7, 11) is 0. The molecule has 40 heavy (non-hydrogen) atoms. The molecule has 0 atom stereocenters. The number of benzene rings is 1. The van der Waals surface area contributed by atoms with E-state index in [4.69, 9.17) is 14.7 Å². The van der Waals surface area contributed by atoms with Crippen LogP contribution in [0.15, 0.2) is 42.6 Å². The third kappa shape index (κ3) is 5.63. The molecule has 6 rings (SSSR count). The number of aromatic amines is 1. The number of anilines is 1. The lowest BCUT2D eigenvalue weighted by Gasteiger charge is -2.34. The zero-order valence-corrected chi connectivity index (χ0v) is 23.5. The molecule has 2 aliphatic rings. The number of ether oxygens (including phenoxy) is 1. The summed E-state index contributed by atoms with van der Waals surface area (Å²) in [5.41, 5.74) is 2.87. The number of thiophene rings is 1. The van der Waals surface area contributed by atoms with Crippen LogP contribution >= 0.6 is 11.3 Å². The Hall–Kier alpha value is -3.67. The summed E-state index contributed by atoms with van der Waals surface area (Å²) in [5.74, 6) is 1.72. The summed E-state index contributed by atoms with van der Waals surface area (Å²) >= 11 is 1.75. The lowest BCUT2D eigenvalue weighted by atomic mass is 10.1. The minimum atomic E-state index is 0.00315. The van der Waals surface area contributed by atoms with Gasteiger partial charge in [-0.3, -0.25) is 19.6 Å². The Morgan fingerprint density at radius 1 is 1.07 bits per heavy atom. The fourth-order valence-corrected chi connectivity index (χ4v) is 6.50. The molecule has 11 heteroatoms. The van der Waals surface area contributed by atoms with E-state index in [1.807, 2.05) is 36.2 Å². The maximum absolute atomic E-state index is 12.6. The molecule has 5 heterocycles. The van der Waals surface area contributed by atoms with Crippen LogP contribution in [0.3, 0.4) is 0 Å². The van der Waals surface area contributed by atoms with Crippen molar-refractivity contribution < 1.29 is 14.3 Å². The largest absolute Gasteiger partial charge is 0.378 e. The van der Waals surface area contributed by atoms with Crippen LogP contribution in [-0.4, -0.2) is 94.1 Å². The number of hydrogen-bond acceptors (Lipinski definition) is 9. The number of rotatable bonds is 8. The SMILES string of the molecule is C/C=C/C(=O)CCC(=O)N1CCN(Cc2cc3nc(-c4cccc5[nH]ncc45)nc(N4CCOCC4)c3s2)CC1. The van der Waals surface area contributed by atoms with Gasteiger partial charge in [0.25, 0.3) is 0 Å². The molecule has 10 nitrogen and oxygen atoms in total. The van der Waals surface area contributed by atoms with E-state index in [9.17, 15) is 9.59 Å². The highest BCUT2D eigenvalue weighted by atomic mass is 32.1. The molecular formula is C29H33N7O3S. The molecule has 0 bridgehead atoms. The van der Waals surface area contributed by atoms with Crippen molar-refractivity contribution in [2.75, 3.05) is 57.4 Å². The molecule has 208 valence electrons. The fourth-order valence-electron chi connectivity index (χ4n) is 5.35. The molecule has 4 aromatic rings. The predicted molar refractivity (Wildman–Crippen MR) is 156 cm³/mol. The van der Waals surface area contributed by atoms with E-state index in [2.05, 4.69) is 26.1 Å². The molecule has 0 saturated carbocycles. The van der Waals surface area contributed by atoms with E-state index >= 15 is 0 Å². The second-order valence-electron chi connectivity index (χ2n) is 10.2. The number of morpholine rings is 1. The summed E-state index contributed by atoms with van der Waals surface area (Å²) < 4.78 is 6.71. The zero-order chi connectivity index (χ0) is 27.5. The van der Waals surface area contributed by atoms with Crippen molar-refractivity contribution in [2.45, 2.75) is 26.3 Å². The number of piperazine rings is 1. The van der Waals surface area contributed by atoms with Crippen LogP contribution in [0.25, 0.3) is 32.5 Å². The summed E-state index contributed by atoms with van der Waals surface area (Å²) in [4.78, 5) is 42.3. The Morgan fingerprint density at radius 3 is 2.70 bits per heavy atom. The van der Waals surface area contributed by atoms with Gasteiger partial charge in [0, 0.05) is 74.5 Å². The molecule has 0 aliphatic carbocycles. The van der Waals surface area contributed by atoms with Crippen molar-refractivity contribution in [1.82, 2.24) is 30.0 Å². The molecule has 1 aromatic carbocycles. The second-order valence-corrected chi connectivity index (χ2v) is 11.3. The number of ketones is 1. The van der Waals surface area contributed by atoms with Gasteiger partial charge in [-0.15, -0.1) is 11.3 Å². The first-order valence-electron chi connectivity index (χ1n) is 13.8. The third-order valence-electron chi connectivity index (χ3n) is 7.48. The van der Waals surface area contributed by atoms with Crippen molar-refractivity contribution in [2.24, 2.45) is 0 Å². The van der Waals surface area contributed by atoms with E-state index in [0.29, 0.717) is 32.1 Å². The molecule has 1 amide bonds. The van der Waals surface area contributed by atoms with Crippen LogP contribution in [0, 0.1) is 0 Å². The number of H-pyrrole nitrogens is 1. The molecular weight excluding hydrogens is 526 g/mol. The van der Waals surface area contributed by atoms with Gasteiger partial charge in [0.1, 0.15) is 0 Å². The van der Waals surface area contributed by atoms with E-state index < -0.39 is 0 Å². The summed E-state index contributed by atoms with van der Waals surface area (Å²) in [6, 6.07) is 8.25. The lowest BCUT2D eigenvalue weighted by Crippen LogP contribution is -2.48. The van der Waals surface area contributed by atoms with Gasteiger partial charge < -0.3 is 14.5 Å². The number of fused-ring (bicyclic) bond motifs is 2. The van der Waals surface area contributed by atoms with Crippen LogP contribution in [0.1, 0.15) is 24.6 Å². The number of allylic oxidation sites excluding steroid dienone is 2. The molecule has 0 radical (unpaired) electrons. The van der Waals surface area contributed by atoms with E-state index in [-0.39, 0.29) is 24.5 Å². The minimum absolute atomic E-state index is 0.00315. The first-order valence-corrected chi connectivity index (χ1v) is 14.6. The van der Waals surface area contributed by atoms with Gasteiger partial charge in [-0.2, -0.15) is 5.10 Å². The maximum Gasteiger partial charge on any atom is 0.223 e. The van der Waals surface area contributed by atoms with Crippen LogP contribution in [0.2, 0.25) is 0 Å². The quantitative estimate of drug-likeness (QED) is 0.326. The third-order valence-corrected chi connectivity index (χ3v) is 8.59. The van der Waals surface area contributed by atoms with Gasteiger partial charge in [-0.25, -0.2) is 9.97 Å². The maximum atomic E-state index is 12.6. The zero-order valence-electron chi connectivity index (χ0n) is 22.6. The Bertz CT molecular complexity index is 1550. The number of aromatic nitrogens is 4. The normalized spacial score (nSPS) is 16.9. The molecule has 3 aromatic heterocycles. The molecule has 2 fully saturated rings. The number of hydrogen-bond donors (Lipinski definition) is 1. The summed E-state index contributed by atoms with van der Waals surface area (Å²) in [5, 5.41) is 8.27. The summed E-state index contributed by atoms with van der Waals surface area (Å²) in [6.45, 7) is 8.54. The standard InChI is InChI=1S/C29H33N7O3S/c1-2-4-20(37)7-8-26(38)35-11-9-34(10-12-35)19-21-17-25-27(40-21)29(36-13-15-39-16-14-36)32-28(31-25)22-5-3-6-24-23(22)18-30-33-24/h2-6,17-18H,7-16,19H2,1H3,(H,30,33)/b4-2+. The van der Waals surface area contributed by atoms with E-state index in [1.54, 1.807) is 17.4 Å². The number of carbonyl (C=O) groups excluding carboxylic acids is 2. The van der Waals surface area contributed by atoms with Gasteiger partial charge >= 0.3 is 0 Å². The van der Waals surface area contributed by atoms with E-state index in [0.717, 1.165) is 65.2 Å². The first-order chi connectivity index (χ1) is 19.6. The van der Waals surface area contributed by atoms with Crippen molar-refractivity contribution in [3.8, 4) is 11.4 Å². The monoisotopic (exact) mass is 559 g/mol. The number of amides is 1. The van der Waals surface area contributed by atoms with Crippen LogP contribution < -0.4 is 4.90 Å². The van der Waals surface area contributed by atoms with Gasteiger partial charge in [0.15, 0.2) is 17.4 Å². The Balaban J connectivity index is 1.21. The average molecular weight is 560 g/mol. The van der Waals surface area contributed by atoms with Crippen molar-refractivity contribution >= 4 is 50.0 Å². The lowest BCUT2D eigenvalue weighted by molar-refractivity contribution is -0.134. The van der Waals surface area contributed by atoms with Crippen molar-refractivity contribution in [3.63, 3.8) is 0 Å². The van der Waals surface area contributed by atoms with E-state index in [1.165, 1.54) is 11.0 Å². The smallest absolute Gasteiger partial charge is 0.223 e. The molecule has 2 aliphatic heterocycles. The molecule has 0 unspecified atom stereocenters. The fraction of sp³-hybridized carbons (Fsp3) is 0.414. The van der Waals surface area contributed by atoms with Gasteiger partial charge in [0.2, 0.25) is 5.91 Å². The average Bonchev–Trinajstić information content (AvgIpc) is 3.63. The molecule has 2 saturated heterocycles. The highest BCUT2D eigenvalue weighted by molar-refractivity contribution is 7.19. The first kappa shape index (κ1) is 26.5. The highest BCUT2D eigenvalue weighted by Gasteiger charge is 2.24. The van der Waals surface area contributed by atoms with Gasteiger partial charge in [-0.05, 0) is 25.1 Å².